The first-order valence-electron chi connectivity index (χ1n) is 8.64. The van der Waals surface area contributed by atoms with E-state index in [0.29, 0.717) is 11.3 Å². The summed E-state index contributed by atoms with van der Waals surface area (Å²) in [5.41, 5.74) is 0.436. The fourth-order valence-electron chi connectivity index (χ4n) is 3.07. The molecule has 0 bridgehead atoms. The van der Waals surface area contributed by atoms with E-state index in [2.05, 4.69) is 0 Å². The maximum absolute atomic E-state index is 13.9. The summed E-state index contributed by atoms with van der Waals surface area (Å²) in [4.78, 5) is 15.1. The highest BCUT2D eigenvalue weighted by Gasteiger charge is 2.32. The minimum absolute atomic E-state index is 0.105. The number of rotatable bonds is 5. The molecule has 0 radical (unpaired) electrons. The molecule has 1 fully saturated rings. The number of hydrogen-bond donors (Lipinski definition) is 0. The van der Waals surface area contributed by atoms with Gasteiger partial charge in [0.1, 0.15) is 16.5 Å². The van der Waals surface area contributed by atoms with Crippen molar-refractivity contribution in [3.63, 3.8) is 0 Å². The van der Waals surface area contributed by atoms with Crippen LogP contribution in [0.15, 0.2) is 52.3 Å². The van der Waals surface area contributed by atoms with E-state index in [-0.39, 0.29) is 37.0 Å². The normalized spacial score (nSPS) is 15.5. The van der Waals surface area contributed by atoms with Gasteiger partial charge in [-0.1, -0.05) is 12.1 Å². The summed E-state index contributed by atoms with van der Waals surface area (Å²) < 4.78 is 45.8. The number of ether oxygens (including phenoxy) is 1. The molecule has 1 saturated heterocycles. The van der Waals surface area contributed by atoms with E-state index in [1.807, 2.05) is 12.3 Å². The summed E-state index contributed by atoms with van der Waals surface area (Å²) in [5.74, 6) is -0.509. The van der Waals surface area contributed by atoms with Crippen molar-refractivity contribution in [3.8, 4) is 5.75 Å². The second-order valence-corrected chi connectivity index (χ2v) is 8.98. The summed E-state index contributed by atoms with van der Waals surface area (Å²) >= 11 is 1.55. The number of benzene rings is 2. The molecule has 150 valence electrons. The highest BCUT2D eigenvalue weighted by atomic mass is 32.2. The Hall–Kier alpha value is -2.10. The second-order valence-electron chi connectivity index (χ2n) is 6.19. The predicted molar refractivity (Wildman–Crippen MR) is 106 cm³/mol. The number of piperazine rings is 1. The van der Waals surface area contributed by atoms with Gasteiger partial charge in [-0.3, -0.25) is 4.79 Å². The van der Waals surface area contributed by atoms with E-state index in [0.717, 1.165) is 11.0 Å². The van der Waals surface area contributed by atoms with Gasteiger partial charge in [-0.25, -0.2) is 12.8 Å². The number of carbonyl (C=O) groups excluding carboxylic acids is 1. The van der Waals surface area contributed by atoms with Gasteiger partial charge in [-0.15, -0.1) is 11.8 Å². The van der Waals surface area contributed by atoms with Crippen molar-refractivity contribution in [1.29, 1.82) is 0 Å². The van der Waals surface area contributed by atoms with Crippen molar-refractivity contribution in [2.45, 2.75) is 9.79 Å². The van der Waals surface area contributed by atoms with Crippen LogP contribution in [0.2, 0.25) is 0 Å². The van der Waals surface area contributed by atoms with E-state index in [4.69, 9.17) is 4.74 Å². The quantitative estimate of drug-likeness (QED) is 0.691. The molecule has 0 unspecified atom stereocenters. The number of halogens is 1. The summed E-state index contributed by atoms with van der Waals surface area (Å²) in [6.07, 6.45) is 1.94. The summed E-state index contributed by atoms with van der Waals surface area (Å²) in [6.45, 7) is 0.654. The number of nitrogens with zero attached hydrogens (tertiary/aromatic N) is 2. The topological polar surface area (TPSA) is 66.9 Å². The van der Waals surface area contributed by atoms with Gasteiger partial charge in [0, 0.05) is 31.1 Å². The molecule has 3 rings (SSSR count). The highest BCUT2D eigenvalue weighted by Crippen LogP contribution is 2.27. The van der Waals surface area contributed by atoms with Crippen molar-refractivity contribution in [2.24, 2.45) is 0 Å². The van der Waals surface area contributed by atoms with Crippen LogP contribution in [0.3, 0.4) is 0 Å². The molecule has 0 spiro atoms. The fraction of sp³-hybridized carbons (Fsp3) is 0.316. The minimum Gasteiger partial charge on any atom is -0.496 e. The first kappa shape index (κ1) is 20.6. The third-order valence-electron chi connectivity index (χ3n) is 4.62. The molecule has 2 aromatic rings. The van der Waals surface area contributed by atoms with E-state index in [9.17, 15) is 17.6 Å². The molecule has 0 saturated carbocycles. The molecule has 2 aromatic carbocycles. The van der Waals surface area contributed by atoms with E-state index in [1.54, 1.807) is 28.8 Å². The molecule has 1 aliphatic heterocycles. The molecule has 1 amide bonds. The third kappa shape index (κ3) is 4.01. The molecule has 0 aromatic heterocycles. The monoisotopic (exact) mass is 424 g/mol. The van der Waals surface area contributed by atoms with Crippen LogP contribution < -0.4 is 4.74 Å². The van der Waals surface area contributed by atoms with Crippen LogP contribution in [0.4, 0.5) is 4.39 Å². The van der Waals surface area contributed by atoms with Gasteiger partial charge in [0.05, 0.1) is 12.7 Å². The van der Waals surface area contributed by atoms with Crippen molar-refractivity contribution in [3.05, 3.63) is 53.8 Å². The maximum atomic E-state index is 13.9. The lowest BCUT2D eigenvalue weighted by Gasteiger charge is -2.34. The van der Waals surface area contributed by atoms with E-state index in [1.165, 1.54) is 29.6 Å². The van der Waals surface area contributed by atoms with Gasteiger partial charge in [0.25, 0.3) is 5.91 Å². The van der Waals surface area contributed by atoms with Crippen molar-refractivity contribution in [2.75, 3.05) is 39.5 Å². The van der Waals surface area contributed by atoms with Crippen molar-refractivity contribution >= 4 is 27.7 Å². The number of hydrogen-bond acceptors (Lipinski definition) is 5. The number of thioether (sulfide) groups is 1. The first-order chi connectivity index (χ1) is 13.4. The van der Waals surface area contributed by atoms with Gasteiger partial charge in [0.2, 0.25) is 10.0 Å². The van der Waals surface area contributed by atoms with Crippen LogP contribution in [0.1, 0.15) is 10.4 Å². The van der Waals surface area contributed by atoms with E-state index < -0.39 is 15.8 Å². The molecule has 1 heterocycles. The second kappa shape index (κ2) is 8.50. The molecule has 6 nitrogen and oxygen atoms in total. The number of carbonyl (C=O) groups is 1. The van der Waals surface area contributed by atoms with Crippen LogP contribution in [-0.4, -0.2) is 63.1 Å². The Labute approximate surface area is 168 Å². The molecule has 1 aliphatic rings. The lowest BCUT2D eigenvalue weighted by atomic mass is 10.1. The molecule has 28 heavy (non-hydrogen) atoms. The van der Waals surface area contributed by atoms with Gasteiger partial charge < -0.3 is 9.64 Å². The minimum atomic E-state index is -3.94. The number of methoxy groups -OCH3 is 1. The molecule has 9 heteroatoms. The Morgan fingerprint density at radius 2 is 1.79 bits per heavy atom. The molecular weight excluding hydrogens is 403 g/mol. The average Bonchev–Trinajstić information content (AvgIpc) is 2.73. The predicted octanol–water partition coefficient (Wildman–Crippen LogP) is 2.70. The Morgan fingerprint density at radius 1 is 1.11 bits per heavy atom. The number of amides is 1. The zero-order valence-electron chi connectivity index (χ0n) is 15.6. The summed E-state index contributed by atoms with van der Waals surface area (Å²) in [6, 6.07) is 10.7. The fourth-order valence-corrected chi connectivity index (χ4v) is 4.99. The Morgan fingerprint density at radius 3 is 2.39 bits per heavy atom. The van der Waals surface area contributed by atoms with Gasteiger partial charge in [0.15, 0.2) is 0 Å². The first-order valence-corrected chi connectivity index (χ1v) is 11.3. The average molecular weight is 425 g/mol. The Balaban J connectivity index is 1.74. The summed E-state index contributed by atoms with van der Waals surface area (Å²) in [7, 11) is -2.43. The molecule has 0 N–H and O–H groups in total. The maximum Gasteiger partial charge on any atom is 0.257 e. The van der Waals surface area contributed by atoms with Crippen LogP contribution in [0.25, 0.3) is 0 Å². The van der Waals surface area contributed by atoms with Gasteiger partial charge >= 0.3 is 0 Å². The lowest BCUT2D eigenvalue weighted by Crippen LogP contribution is -2.50. The van der Waals surface area contributed by atoms with Gasteiger partial charge in [-0.05, 0) is 36.6 Å². The zero-order valence-corrected chi connectivity index (χ0v) is 17.2. The standard InChI is InChI=1S/C19H21FN2O4S2/c1-26-17-13-14(27-2)7-8-15(17)19(23)21-9-11-22(12-10-21)28(24,25)18-6-4-3-5-16(18)20/h3-8,13H,9-12H2,1-2H3. The van der Waals surface area contributed by atoms with Crippen molar-refractivity contribution < 1.29 is 22.3 Å². The van der Waals surface area contributed by atoms with Crippen LogP contribution in [-0.2, 0) is 10.0 Å². The molecule has 0 atom stereocenters. The Bertz CT molecular complexity index is 974. The zero-order chi connectivity index (χ0) is 20.3. The third-order valence-corrected chi connectivity index (χ3v) is 7.28. The molecular formula is C19H21FN2O4S2. The lowest BCUT2D eigenvalue weighted by molar-refractivity contribution is 0.0694. The SMILES string of the molecule is COc1cc(SC)ccc1C(=O)N1CCN(S(=O)(=O)c2ccccc2F)CC1. The van der Waals surface area contributed by atoms with Gasteiger partial charge in [-0.2, -0.15) is 4.31 Å². The van der Waals surface area contributed by atoms with Crippen molar-refractivity contribution in [1.82, 2.24) is 9.21 Å². The Kier molecular flexibility index (Phi) is 6.26. The summed E-state index contributed by atoms with van der Waals surface area (Å²) in [5, 5.41) is 0. The molecule has 0 aliphatic carbocycles. The highest BCUT2D eigenvalue weighted by molar-refractivity contribution is 7.98. The van der Waals surface area contributed by atoms with E-state index >= 15 is 0 Å². The van der Waals surface area contributed by atoms with Crippen LogP contribution in [0, 0.1) is 5.82 Å². The largest absolute Gasteiger partial charge is 0.496 e. The van der Waals surface area contributed by atoms with Crippen LogP contribution >= 0.6 is 11.8 Å². The number of sulfonamides is 1. The van der Waals surface area contributed by atoms with Crippen LogP contribution in [0.5, 0.6) is 5.75 Å². The smallest absolute Gasteiger partial charge is 0.257 e.